The number of halogens is 2. The van der Waals surface area contributed by atoms with Crippen LogP contribution in [0.4, 0.5) is 19.3 Å². The number of alkyl halides is 2. The second-order valence-electron chi connectivity index (χ2n) is 7.16. The van der Waals surface area contributed by atoms with E-state index in [0.29, 0.717) is 22.4 Å². The minimum absolute atomic E-state index is 0.0863. The summed E-state index contributed by atoms with van der Waals surface area (Å²) in [5.41, 5.74) is 1.50. The molecule has 0 aliphatic heterocycles. The minimum atomic E-state index is -3.04. The second-order valence-corrected chi connectivity index (χ2v) is 7.16. The van der Waals surface area contributed by atoms with E-state index in [-0.39, 0.29) is 17.7 Å². The summed E-state index contributed by atoms with van der Waals surface area (Å²) in [5.74, 6) is -0.407. The molecule has 0 spiro atoms. The Balaban J connectivity index is 2.08. The maximum absolute atomic E-state index is 13.0. The number of hydrogen-bond donors (Lipinski definition) is 2. The van der Waals surface area contributed by atoms with Gasteiger partial charge in [-0.15, -0.1) is 0 Å². The van der Waals surface area contributed by atoms with E-state index in [1.807, 2.05) is 0 Å². The summed E-state index contributed by atoms with van der Waals surface area (Å²) in [6, 6.07) is 10.7. The van der Waals surface area contributed by atoms with Gasteiger partial charge in [-0.25, -0.2) is 4.79 Å². The highest BCUT2D eigenvalue weighted by molar-refractivity contribution is 5.96. The molecule has 0 bridgehead atoms. The second kappa shape index (κ2) is 9.56. The number of ether oxygens (including phenoxy) is 1. The van der Waals surface area contributed by atoms with Crippen LogP contribution in [0.25, 0.3) is 11.1 Å². The van der Waals surface area contributed by atoms with E-state index in [4.69, 9.17) is 0 Å². The molecular weight excluding hydrogens is 394 g/mol. The van der Waals surface area contributed by atoms with E-state index in [1.165, 1.54) is 30.1 Å². The minimum Gasteiger partial charge on any atom is -0.465 e. The number of carboxylic acid groups (broad SMARTS) is 1. The molecule has 160 valence electrons. The monoisotopic (exact) mass is 418 g/mol. The smallest absolute Gasteiger partial charge is 0.412 e. The van der Waals surface area contributed by atoms with Gasteiger partial charge in [0.2, 0.25) is 0 Å². The van der Waals surface area contributed by atoms with Gasteiger partial charge in [0.25, 0.3) is 5.91 Å². The van der Waals surface area contributed by atoms with E-state index in [2.05, 4.69) is 10.1 Å². The van der Waals surface area contributed by atoms with Crippen molar-refractivity contribution in [1.82, 2.24) is 5.32 Å². The standard InChI is InChI=1S/C22H24F2N2O4/c1-25-20(27)15-7-5-6-14(12-15)18-13-17(10-11-19(18)30-21(23)24)26(22(28)29)16-8-3-2-4-9-16/h5-7,10-13,16,21H,2-4,8-9H2,1H3,(H,25,27)(H,28,29). The maximum atomic E-state index is 13.0. The lowest BCUT2D eigenvalue weighted by Crippen LogP contribution is -2.40. The molecule has 2 amide bonds. The summed E-state index contributed by atoms with van der Waals surface area (Å²) in [4.78, 5) is 25.3. The predicted octanol–water partition coefficient (Wildman–Crippen LogP) is 5.13. The predicted molar refractivity (Wildman–Crippen MR) is 109 cm³/mol. The highest BCUT2D eigenvalue weighted by Gasteiger charge is 2.27. The number of nitrogens with zero attached hydrogens (tertiary/aromatic N) is 1. The summed E-state index contributed by atoms with van der Waals surface area (Å²) < 4.78 is 30.6. The SMILES string of the molecule is CNC(=O)c1cccc(-c2cc(N(C(=O)O)C3CCCCC3)ccc2OC(F)F)c1. The van der Waals surface area contributed by atoms with Crippen molar-refractivity contribution in [1.29, 1.82) is 0 Å². The maximum Gasteiger partial charge on any atom is 0.412 e. The topological polar surface area (TPSA) is 78.9 Å². The van der Waals surface area contributed by atoms with Gasteiger partial charge >= 0.3 is 12.7 Å². The van der Waals surface area contributed by atoms with Crippen LogP contribution in [0.2, 0.25) is 0 Å². The fraction of sp³-hybridized carbons (Fsp3) is 0.364. The number of carbonyl (C=O) groups is 2. The van der Waals surface area contributed by atoms with Gasteiger partial charge in [-0.2, -0.15) is 8.78 Å². The number of hydrogen-bond acceptors (Lipinski definition) is 3. The Morgan fingerprint density at radius 1 is 1.13 bits per heavy atom. The fourth-order valence-electron chi connectivity index (χ4n) is 3.88. The number of carbonyl (C=O) groups excluding carboxylic acids is 1. The van der Waals surface area contributed by atoms with Crippen molar-refractivity contribution in [2.45, 2.75) is 44.8 Å². The van der Waals surface area contributed by atoms with Crippen LogP contribution in [0, 0.1) is 0 Å². The van der Waals surface area contributed by atoms with Gasteiger partial charge in [-0.05, 0) is 48.7 Å². The quantitative estimate of drug-likeness (QED) is 0.682. The lowest BCUT2D eigenvalue weighted by Gasteiger charge is -2.32. The van der Waals surface area contributed by atoms with Crippen molar-refractivity contribution < 1.29 is 28.2 Å². The third kappa shape index (κ3) is 4.87. The zero-order valence-electron chi connectivity index (χ0n) is 16.6. The van der Waals surface area contributed by atoms with Crippen LogP contribution in [-0.4, -0.2) is 36.8 Å². The van der Waals surface area contributed by atoms with Crippen molar-refractivity contribution in [3.05, 3.63) is 48.0 Å². The van der Waals surface area contributed by atoms with Crippen LogP contribution in [0.15, 0.2) is 42.5 Å². The fourth-order valence-corrected chi connectivity index (χ4v) is 3.88. The summed E-state index contributed by atoms with van der Waals surface area (Å²) in [6.45, 7) is -3.04. The van der Waals surface area contributed by atoms with Crippen LogP contribution in [0.5, 0.6) is 5.75 Å². The molecule has 1 aliphatic carbocycles. The number of anilines is 1. The molecule has 1 saturated carbocycles. The Morgan fingerprint density at radius 2 is 1.87 bits per heavy atom. The normalized spacial score (nSPS) is 14.4. The molecule has 1 aliphatic rings. The first-order valence-corrected chi connectivity index (χ1v) is 9.84. The van der Waals surface area contributed by atoms with Gasteiger partial charge in [0, 0.05) is 29.9 Å². The van der Waals surface area contributed by atoms with E-state index >= 15 is 0 Å². The molecule has 30 heavy (non-hydrogen) atoms. The van der Waals surface area contributed by atoms with Crippen LogP contribution in [0.1, 0.15) is 42.5 Å². The molecule has 3 rings (SSSR count). The van der Waals surface area contributed by atoms with Gasteiger partial charge < -0.3 is 15.2 Å². The van der Waals surface area contributed by atoms with Gasteiger partial charge in [-0.1, -0.05) is 31.4 Å². The molecule has 6 nitrogen and oxygen atoms in total. The lowest BCUT2D eigenvalue weighted by molar-refractivity contribution is -0.0494. The van der Waals surface area contributed by atoms with Crippen molar-refractivity contribution >= 4 is 17.7 Å². The van der Waals surface area contributed by atoms with Crippen LogP contribution in [0.3, 0.4) is 0 Å². The molecule has 0 heterocycles. The first-order chi connectivity index (χ1) is 14.4. The Morgan fingerprint density at radius 3 is 2.50 bits per heavy atom. The average Bonchev–Trinajstić information content (AvgIpc) is 2.74. The van der Waals surface area contributed by atoms with Crippen LogP contribution in [-0.2, 0) is 0 Å². The zero-order chi connectivity index (χ0) is 21.7. The summed E-state index contributed by atoms with van der Waals surface area (Å²) in [5, 5.41) is 12.3. The zero-order valence-corrected chi connectivity index (χ0v) is 16.6. The van der Waals surface area contributed by atoms with Crippen molar-refractivity contribution in [2.75, 3.05) is 11.9 Å². The highest BCUT2D eigenvalue weighted by Crippen LogP contribution is 2.37. The van der Waals surface area contributed by atoms with Crippen LogP contribution < -0.4 is 15.0 Å². The molecule has 0 radical (unpaired) electrons. The third-order valence-corrected chi connectivity index (χ3v) is 5.27. The molecule has 1 fully saturated rings. The van der Waals surface area contributed by atoms with E-state index in [1.54, 1.807) is 24.3 Å². The van der Waals surface area contributed by atoms with Crippen LogP contribution >= 0.6 is 0 Å². The molecule has 0 aromatic heterocycles. The molecule has 0 unspecified atom stereocenters. The summed E-state index contributed by atoms with van der Waals surface area (Å²) >= 11 is 0. The number of benzene rings is 2. The third-order valence-electron chi connectivity index (χ3n) is 5.27. The first-order valence-electron chi connectivity index (χ1n) is 9.84. The largest absolute Gasteiger partial charge is 0.465 e. The van der Waals surface area contributed by atoms with Gasteiger partial charge in [0.05, 0.1) is 0 Å². The number of amides is 2. The van der Waals surface area contributed by atoms with Crippen molar-refractivity contribution in [3.63, 3.8) is 0 Å². The molecule has 2 N–H and O–H groups in total. The lowest BCUT2D eigenvalue weighted by atomic mass is 9.93. The van der Waals surface area contributed by atoms with Gasteiger partial charge in [-0.3, -0.25) is 9.69 Å². The van der Waals surface area contributed by atoms with E-state index in [0.717, 1.165) is 32.1 Å². The summed E-state index contributed by atoms with van der Waals surface area (Å²) in [7, 11) is 1.50. The molecule has 2 aromatic rings. The molecule has 8 heteroatoms. The van der Waals surface area contributed by atoms with Gasteiger partial charge in [0.15, 0.2) is 0 Å². The first kappa shape index (κ1) is 21.5. The molecular formula is C22H24F2N2O4. The van der Waals surface area contributed by atoms with Crippen molar-refractivity contribution in [3.8, 4) is 16.9 Å². The highest BCUT2D eigenvalue weighted by atomic mass is 19.3. The van der Waals surface area contributed by atoms with Crippen molar-refractivity contribution in [2.24, 2.45) is 0 Å². The molecule has 0 atom stereocenters. The Hall–Kier alpha value is -3.16. The average molecular weight is 418 g/mol. The Labute approximate surface area is 173 Å². The molecule has 2 aromatic carbocycles. The van der Waals surface area contributed by atoms with E-state index < -0.39 is 12.7 Å². The number of nitrogens with one attached hydrogen (secondary N) is 1. The Bertz CT molecular complexity index is 914. The number of rotatable bonds is 6. The summed E-state index contributed by atoms with van der Waals surface area (Å²) in [6.07, 6.45) is 3.38. The van der Waals surface area contributed by atoms with E-state index in [9.17, 15) is 23.5 Å². The molecule has 0 saturated heterocycles. The Kier molecular flexibility index (Phi) is 6.87. The van der Waals surface area contributed by atoms with Gasteiger partial charge in [0.1, 0.15) is 5.75 Å².